The first-order chi connectivity index (χ1) is 17.7. The third-order valence-electron chi connectivity index (χ3n) is 7.57. The molecular formula is C30H27FN4O2. The Bertz CT molecular complexity index is 1860. The number of rotatable bonds is 2. The van der Waals surface area contributed by atoms with Crippen molar-refractivity contribution in [2.75, 3.05) is 5.32 Å². The van der Waals surface area contributed by atoms with Crippen LogP contribution in [0.5, 0.6) is 0 Å². The van der Waals surface area contributed by atoms with Gasteiger partial charge in [-0.3, -0.25) is 13.9 Å². The van der Waals surface area contributed by atoms with Crippen molar-refractivity contribution in [2.45, 2.75) is 26.8 Å². The monoisotopic (exact) mass is 494 g/mol. The number of halogens is 1. The van der Waals surface area contributed by atoms with E-state index in [1.54, 1.807) is 25.2 Å². The number of hydrogen-bond donors (Lipinski definition) is 1. The summed E-state index contributed by atoms with van der Waals surface area (Å²) in [5.74, 6) is -0.434. The molecule has 0 saturated heterocycles. The number of nitrogens with zero attached hydrogens (tertiary/aromatic N) is 3. The normalized spacial score (nSPS) is 14.4. The highest BCUT2D eigenvalue weighted by Crippen LogP contribution is 2.46. The van der Waals surface area contributed by atoms with Crippen LogP contribution in [0, 0.1) is 26.6 Å². The largest absolute Gasteiger partial charge is 0.371 e. The van der Waals surface area contributed by atoms with E-state index in [4.69, 9.17) is 0 Å². The molecule has 0 radical (unpaired) electrons. The lowest BCUT2D eigenvalue weighted by Crippen LogP contribution is -2.37. The smallest absolute Gasteiger partial charge is 0.331 e. The van der Waals surface area contributed by atoms with Crippen molar-refractivity contribution in [1.29, 1.82) is 0 Å². The molecule has 0 spiro atoms. The molecule has 6 nitrogen and oxygen atoms in total. The van der Waals surface area contributed by atoms with Crippen LogP contribution in [0.1, 0.15) is 34.0 Å². The van der Waals surface area contributed by atoms with Gasteiger partial charge in [-0.1, -0.05) is 42.0 Å². The van der Waals surface area contributed by atoms with E-state index in [1.807, 2.05) is 42.7 Å². The van der Waals surface area contributed by atoms with E-state index in [9.17, 15) is 9.59 Å². The summed E-state index contributed by atoms with van der Waals surface area (Å²) >= 11 is 0. The van der Waals surface area contributed by atoms with Gasteiger partial charge in [-0.2, -0.15) is 0 Å². The zero-order valence-corrected chi connectivity index (χ0v) is 21.4. The van der Waals surface area contributed by atoms with Gasteiger partial charge in [-0.15, -0.1) is 0 Å². The Labute approximate surface area is 213 Å². The summed E-state index contributed by atoms with van der Waals surface area (Å²) in [6.07, 6.45) is 0. The van der Waals surface area contributed by atoms with E-state index in [0.29, 0.717) is 22.2 Å². The minimum Gasteiger partial charge on any atom is -0.371 e. The summed E-state index contributed by atoms with van der Waals surface area (Å²) < 4.78 is 20.0. The molecule has 186 valence electrons. The number of benzene rings is 3. The summed E-state index contributed by atoms with van der Waals surface area (Å²) in [5.41, 5.74) is 7.06. The Balaban J connectivity index is 1.89. The van der Waals surface area contributed by atoms with E-state index in [-0.39, 0.29) is 6.04 Å². The Morgan fingerprint density at radius 1 is 0.865 bits per heavy atom. The summed E-state index contributed by atoms with van der Waals surface area (Å²) in [6.45, 7) is 6.11. The quantitative estimate of drug-likeness (QED) is 0.364. The zero-order valence-electron chi connectivity index (χ0n) is 21.4. The molecule has 1 N–H and O–H groups in total. The Morgan fingerprint density at radius 3 is 2.24 bits per heavy atom. The summed E-state index contributed by atoms with van der Waals surface area (Å²) in [7, 11) is 3.13. The van der Waals surface area contributed by atoms with Crippen LogP contribution in [0.3, 0.4) is 0 Å². The van der Waals surface area contributed by atoms with Crippen LogP contribution in [-0.4, -0.2) is 13.7 Å². The first kappa shape index (κ1) is 23.0. The molecule has 3 heterocycles. The fourth-order valence-electron chi connectivity index (χ4n) is 5.45. The number of anilines is 1. The number of hydrogen-bond acceptors (Lipinski definition) is 3. The van der Waals surface area contributed by atoms with Gasteiger partial charge in [-0.25, -0.2) is 9.18 Å². The van der Waals surface area contributed by atoms with E-state index in [1.165, 1.54) is 17.7 Å². The molecule has 3 aromatic carbocycles. The molecule has 1 aliphatic heterocycles. The van der Waals surface area contributed by atoms with Gasteiger partial charge in [0.25, 0.3) is 5.56 Å². The third-order valence-corrected chi connectivity index (χ3v) is 7.57. The molecule has 0 unspecified atom stereocenters. The maximum absolute atomic E-state index is 15.4. The Kier molecular flexibility index (Phi) is 5.02. The second-order valence-corrected chi connectivity index (χ2v) is 9.92. The zero-order chi connectivity index (χ0) is 26.2. The Hall–Kier alpha value is -4.39. The fraction of sp³-hybridized carbons (Fsp3) is 0.200. The van der Waals surface area contributed by atoms with Gasteiger partial charge >= 0.3 is 5.69 Å². The molecule has 5 aromatic rings. The minimum absolute atomic E-state index is 0.309. The molecule has 37 heavy (non-hydrogen) atoms. The summed E-state index contributed by atoms with van der Waals surface area (Å²) in [4.78, 5) is 26.9. The number of aryl methyl sites for hydroxylation is 4. The van der Waals surface area contributed by atoms with Gasteiger partial charge in [0.15, 0.2) is 0 Å². The maximum Gasteiger partial charge on any atom is 0.331 e. The van der Waals surface area contributed by atoms with Crippen molar-refractivity contribution in [1.82, 2.24) is 13.7 Å². The maximum atomic E-state index is 15.4. The second kappa shape index (κ2) is 8.06. The first-order valence-corrected chi connectivity index (χ1v) is 12.2. The van der Waals surface area contributed by atoms with E-state index in [2.05, 4.69) is 24.4 Å². The minimum atomic E-state index is -0.453. The molecule has 0 fully saturated rings. The fourth-order valence-corrected chi connectivity index (χ4v) is 5.45. The highest BCUT2D eigenvalue weighted by molar-refractivity contribution is 5.99. The molecule has 1 aliphatic rings. The highest BCUT2D eigenvalue weighted by atomic mass is 19.1. The molecule has 7 heteroatoms. The van der Waals surface area contributed by atoms with Crippen molar-refractivity contribution in [2.24, 2.45) is 14.1 Å². The lowest BCUT2D eigenvalue weighted by molar-refractivity contribution is 0.630. The van der Waals surface area contributed by atoms with Crippen LogP contribution >= 0.6 is 0 Å². The molecule has 1 atom stereocenters. The van der Waals surface area contributed by atoms with E-state index < -0.39 is 17.1 Å². The lowest BCUT2D eigenvalue weighted by Gasteiger charge is -2.32. The molecular weight excluding hydrogens is 467 g/mol. The van der Waals surface area contributed by atoms with E-state index in [0.717, 1.165) is 43.9 Å². The summed E-state index contributed by atoms with van der Waals surface area (Å²) in [5, 5.41) is 3.99. The van der Waals surface area contributed by atoms with Crippen LogP contribution in [0.25, 0.3) is 27.8 Å². The van der Waals surface area contributed by atoms with Crippen LogP contribution < -0.4 is 16.6 Å². The molecule has 0 aliphatic carbocycles. The van der Waals surface area contributed by atoms with Gasteiger partial charge < -0.3 is 9.88 Å². The second-order valence-electron chi connectivity index (χ2n) is 9.92. The molecule has 2 aromatic heterocycles. The van der Waals surface area contributed by atoms with Gasteiger partial charge in [0.1, 0.15) is 5.82 Å². The van der Waals surface area contributed by atoms with Crippen LogP contribution in [0.2, 0.25) is 0 Å². The van der Waals surface area contributed by atoms with Crippen LogP contribution in [-0.2, 0) is 14.1 Å². The standard InChI is InChI=1S/C30H27FN4O2/c1-16-10-12-19(13-11-16)25-28-27-24(29(36)34(5)30(37)33(27)4)26(20-8-6-7-9-21(20)31)35(28)23-15-18(3)17(2)14-22(23)32-25/h6-15,25,32H,1-5H3/t25-/m0/s1. The van der Waals surface area contributed by atoms with Crippen LogP contribution in [0.4, 0.5) is 10.1 Å². The average Bonchev–Trinajstić information content (AvgIpc) is 3.24. The number of fused-ring (bicyclic) bond motifs is 5. The molecule has 0 bridgehead atoms. The van der Waals surface area contributed by atoms with Crippen molar-refractivity contribution in [3.63, 3.8) is 0 Å². The van der Waals surface area contributed by atoms with Crippen molar-refractivity contribution in [3.05, 3.63) is 115 Å². The average molecular weight is 495 g/mol. The summed E-state index contributed by atoms with van der Waals surface area (Å²) in [6, 6.07) is 18.4. The van der Waals surface area contributed by atoms with Gasteiger partial charge in [0, 0.05) is 19.7 Å². The number of aromatic nitrogens is 3. The van der Waals surface area contributed by atoms with E-state index >= 15 is 4.39 Å². The lowest BCUT2D eigenvalue weighted by atomic mass is 9.97. The van der Waals surface area contributed by atoms with Crippen LogP contribution in [0.15, 0.2) is 70.3 Å². The third kappa shape index (κ3) is 3.23. The highest BCUT2D eigenvalue weighted by Gasteiger charge is 2.35. The molecule has 0 amide bonds. The van der Waals surface area contributed by atoms with Gasteiger partial charge in [-0.05, 0) is 61.7 Å². The van der Waals surface area contributed by atoms with Crippen molar-refractivity contribution in [3.8, 4) is 16.9 Å². The van der Waals surface area contributed by atoms with Gasteiger partial charge in [0.05, 0.1) is 39.7 Å². The van der Waals surface area contributed by atoms with Crippen molar-refractivity contribution < 1.29 is 4.39 Å². The number of nitrogens with one attached hydrogen (secondary N) is 1. The molecule has 6 rings (SSSR count). The Morgan fingerprint density at radius 2 is 1.54 bits per heavy atom. The van der Waals surface area contributed by atoms with Gasteiger partial charge in [0.2, 0.25) is 0 Å². The molecule has 0 saturated carbocycles. The SMILES string of the molecule is Cc1ccc([C@@H]2Nc3cc(C)c(C)cc3-n3c(-c4ccccc4F)c4c(=O)n(C)c(=O)n(C)c4c32)cc1. The predicted molar refractivity (Wildman–Crippen MR) is 145 cm³/mol. The first-order valence-electron chi connectivity index (χ1n) is 12.2. The topological polar surface area (TPSA) is 61.0 Å². The predicted octanol–water partition coefficient (Wildman–Crippen LogP) is 5.27. The van der Waals surface area contributed by atoms with Crippen molar-refractivity contribution >= 4 is 16.6 Å².